The van der Waals surface area contributed by atoms with E-state index in [0.29, 0.717) is 16.9 Å². The Morgan fingerprint density at radius 1 is 1.13 bits per heavy atom. The van der Waals surface area contributed by atoms with Gasteiger partial charge in [0.05, 0.1) is 19.6 Å². The molecule has 162 valence electrons. The molecule has 0 aliphatic carbocycles. The Bertz CT molecular complexity index is 1140. The Morgan fingerprint density at radius 3 is 2.42 bits per heavy atom. The summed E-state index contributed by atoms with van der Waals surface area (Å²) in [5, 5.41) is 0.781. The highest BCUT2D eigenvalue weighted by Crippen LogP contribution is 2.38. The van der Waals surface area contributed by atoms with E-state index >= 15 is 0 Å². The maximum atomic E-state index is 13.5. The van der Waals surface area contributed by atoms with E-state index in [1.165, 1.54) is 21.0 Å². The molecule has 0 bridgehead atoms. The number of hydrogen-bond acceptors (Lipinski definition) is 5. The second-order valence-electron chi connectivity index (χ2n) is 7.32. The normalized spacial score (nSPS) is 14.0. The van der Waals surface area contributed by atoms with E-state index in [0.717, 1.165) is 15.8 Å². The number of fused-ring (bicyclic) bond motifs is 1. The summed E-state index contributed by atoms with van der Waals surface area (Å²) in [6.45, 7) is 2.62. The van der Waals surface area contributed by atoms with Crippen molar-refractivity contribution in [2.45, 2.75) is 30.8 Å². The molecule has 3 N–H and O–H groups in total. The van der Waals surface area contributed by atoms with Crippen LogP contribution in [0.15, 0.2) is 54.7 Å². The van der Waals surface area contributed by atoms with Gasteiger partial charge in [-0.3, -0.25) is 19.3 Å². The number of nitrogens with zero attached hydrogens (tertiary/aromatic N) is 1. The van der Waals surface area contributed by atoms with Crippen molar-refractivity contribution in [2.24, 2.45) is 5.73 Å². The van der Waals surface area contributed by atoms with Crippen molar-refractivity contribution >= 4 is 44.4 Å². The first kappa shape index (κ1) is 22.7. The van der Waals surface area contributed by atoms with Crippen LogP contribution in [0.2, 0.25) is 0 Å². The maximum Gasteiger partial charge on any atom is 0.261 e. The van der Waals surface area contributed by atoms with Crippen molar-refractivity contribution in [2.75, 3.05) is 7.11 Å². The molecular weight excluding hydrogens is 462 g/mol. The summed E-state index contributed by atoms with van der Waals surface area (Å²) < 4.78 is 3.50. The first-order chi connectivity index (χ1) is 14.7. The number of methoxy groups -OCH3 is 1. The maximum absolute atomic E-state index is 13.5. The molecule has 7 nitrogen and oxygen atoms in total. The minimum Gasteiger partial charge on any atom is -0.496 e. The van der Waals surface area contributed by atoms with Crippen LogP contribution in [-0.2, 0) is 20.9 Å². The predicted octanol–water partition coefficient (Wildman–Crippen LogP) is 3.47. The lowest BCUT2D eigenvalue weighted by molar-refractivity contribution is -0.147. The number of ketones is 1. The number of nitrogens with one attached hydrogen (secondary N) is 1. The molecule has 31 heavy (non-hydrogen) atoms. The van der Waals surface area contributed by atoms with E-state index in [2.05, 4.69) is 20.9 Å². The third-order valence-corrected chi connectivity index (χ3v) is 6.03. The van der Waals surface area contributed by atoms with Gasteiger partial charge in [-0.05, 0) is 24.6 Å². The number of nitrogens with two attached hydrogens (primary N) is 1. The van der Waals surface area contributed by atoms with E-state index in [1.54, 1.807) is 30.5 Å². The van der Waals surface area contributed by atoms with Crippen LogP contribution in [0, 0.1) is 0 Å². The van der Waals surface area contributed by atoms with Crippen LogP contribution in [0.1, 0.15) is 30.9 Å². The summed E-state index contributed by atoms with van der Waals surface area (Å²) in [7, 11) is 1.51. The number of aromatic amines is 1. The minimum atomic E-state index is -1.84. The summed E-state index contributed by atoms with van der Waals surface area (Å²) in [5.74, 6) is -1.99. The third kappa shape index (κ3) is 4.40. The summed E-state index contributed by atoms with van der Waals surface area (Å²) in [4.78, 5) is 42.8. The number of benzene rings is 2. The first-order valence-electron chi connectivity index (χ1n) is 9.67. The fourth-order valence-electron chi connectivity index (χ4n) is 3.73. The number of imide groups is 1. The van der Waals surface area contributed by atoms with Gasteiger partial charge in [0.25, 0.3) is 5.91 Å². The fraction of sp³-hybridized carbons (Fsp3) is 0.261. The van der Waals surface area contributed by atoms with Gasteiger partial charge < -0.3 is 15.5 Å². The SMILES string of the molecule is COc1ccccc1CN(C(C)=O)C(=O)C(N)(Br)C(C(C)=O)c1c[nH]c2ccccc12. The number of alkyl halides is 1. The van der Waals surface area contributed by atoms with Gasteiger partial charge in [0.15, 0.2) is 4.45 Å². The summed E-state index contributed by atoms with van der Waals surface area (Å²) in [6.07, 6.45) is 1.67. The second-order valence-corrected chi connectivity index (χ2v) is 8.64. The second kappa shape index (κ2) is 9.03. The summed E-state index contributed by atoms with van der Waals surface area (Å²) >= 11 is 3.31. The van der Waals surface area contributed by atoms with E-state index in [4.69, 9.17) is 10.5 Å². The number of para-hydroxylation sites is 2. The molecule has 1 aromatic heterocycles. The van der Waals surface area contributed by atoms with E-state index < -0.39 is 22.2 Å². The zero-order valence-corrected chi connectivity index (χ0v) is 19.1. The van der Waals surface area contributed by atoms with Crippen LogP contribution in [0.5, 0.6) is 5.75 Å². The molecule has 3 rings (SSSR count). The Hall–Kier alpha value is -2.97. The number of ether oxygens (including phenoxy) is 1. The van der Waals surface area contributed by atoms with Gasteiger partial charge in [0, 0.05) is 29.6 Å². The lowest BCUT2D eigenvalue weighted by atomic mass is 9.87. The van der Waals surface area contributed by atoms with Crippen LogP contribution in [-0.4, -0.2) is 39.0 Å². The number of amides is 2. The molecule has 0 saturated carbocycles. The summed E-state index contributed by atoms with van der Waals surface area (Å²) in [6, 6.07) is 14.5. The lowest BCUT2D eigenvalue weighted by Gasteiger charge is -2.33. The van der Waals surface area contributed by atoms with Crippen molar-refractivity contribution in [3.8, 4) is 5.75 Å². The number of Topliss-reactive ketones (excluding diaryl/α,β-unsaturated/α-hetero) is 1. The lowest BCUT2D eigenvalue weighted by Crippen LogP contribution is -2.57. The molecule has 8 heteroatoms. The quantitative estimate of drug-likeness (QED) is 0.393. The zero-order chi connectivity index (χ0) is 22.8. The van der Waals surface area contributed by atoms with Crippen molar-refractivity contribution in [3.63, 3.8) is 0 Å². The summed E-state index contributed by atoms with van der Waals surface area (Å²) in [5.41, 5.74) is 8.50. The van der Waals surface area contributed by atoms with Crippen LogP contribution < -0.4 is 10.5 Å². The Morgan fingerprint density at radius 2 is 1.77 bits per heavy atom. The molecule has 2 atom stereocenters. The van der Waals surface area contributed by atoms with Gasteiger partial charge in [-0.25, -0.2) is 0 Å². The molecule has 2 amide bonds. The van der Waals surface area contributed by atoms with Crippen molar-refractivity contribution < 1.29 is 19.1 Å². The smallest absolute Gasteiger partial charge is 0.261 e. The Kier molecular flexibility index (Phi) is 6.62. The van der Waals surface area contributed by atoms with Crippen LogP contribution in [0.4, 0.5) is 0 Å². The average molecular weight is 486 g/mol. The van der Waals surface area contributed by atoms with Crippen molar-refractivity contribution in [1.29, 1.82) is 0 Å². The van der Waals surface area contributed by atoms with Gasteiger partial charge in [0.2, 0.25) is 5.91 Å². The third-order valence-electron chi connectivity index (χ3n) is 5.23. The van der Waals surface area contributed by atoms with Gasteiger partial charge in [-0.15, -0.1) is 0 Å². The fourth-order valence-corrected chi connectivity index (χ4v) is 4.52. The number of halogens is 1. The van der Waals surface area contributed by atoms with E-state index in [1.807, 2.05) is 24.3 Å². The molecule has 1 heterocycles. The number of hydrogen-bond donors (Lipinski definition) is 2. The highest BCUT2D eigenvalue weighted by molar-refractivity contribution is 9.10. The molecule has 0 saturated heterocycles. The Balaban J connectivity index is 2.02. The minimum absolute atomic E-state index is 0.0404. The van der Waals surface area contributed by atoms with Gasteiger partial charge in [-0.2, -0.15) is 0 Å². The molecule has 2 unspecified atom stereocenters. The highest BCUT2D eigenvalue weighted by Gasteiger charge is 2.47. The first-order valence-corrected chi connectivity index (χ1v) is 10.5. The van der Waals surface area contributed by atoms with Gasteiger partial charge >= 0.3 is 0 Å². The number of carbonyl (C=O) groups excluding carboxylic acids is 3. The van der Waals surface area contributed by atoms with Crippen LogP contribution in [0.25, 0.3) is 10.9 Å². The molecule has 0 aliphatic heterocycles. The average Bonchev–Trinajstić information content (AvgIpc) is 3.14. The van der Waals surface area contributed by atoms with Crippen LogP contribution in [0.3, 0.4) is 0 Å². The zero-order valence-electron chi connectivity index (χ0n) is 17.5. The highest BCUT2D eigenvalue weighted by atomic mass is 79.9. The van der Waals surface area contributed by atoms with E-state index in [-0.39, 0.29) is 12.3 Å². The van der Waals surface area contributed by atoms with Crippen LogP contribution >= 0.6 is 15.9 Å². The molecular formula is C23H24BrN3O4. The monoisotopic (exact) mass is 485 g/mol. The molecule has 3 aromatic rings. The number of carbonyl (C=O) groups is 3. The van der Waals surface area contributed by atoms with Gasteiger partial charge in [0.1, 0.15) is 11.5 Å². The van der Waals surface area contributed by atoms with E-state index in [9.17, 15) is 14.4 Å². The predicted molar refractivity (Wildman–Crippen MR) is 122 cm³/mol. The standard InChI is InChI=1S/C23H24BrN3O4/c1-14(28)21(18-12-26-19-10-6-5-9-17(18)19)23(24,25)22(30)27(15(2)29)13-16-8-4-7-11-20(16)31-3/h4-12,21,26H,13,25H2,1-3H3. The molecule has 2 aromatic carbocycles. The molecule has 0 aliphatic rings. The molecule has 0 fully saturated rings. The topological polar surface area (TPSA) is 105 Å². The largest absolute Gasteiger partial charge is 0.496 e. The van der Waals surface area contributed by atoms with Crippen molar-refractivity contribution in [1.82, 2.24) is 9.88 Å². The van der Waals surface area contributed by atoms with Crippen molar-refractivity contribution in [3.05, 3.63) is 65.9 Å². The van der Waals surface area contributed by atoms with Gasteiger partial charge in [-0.1, -0.05) is 52.3 Å². The Labute approximate surface area is 188 Å². The molecule has 0 radical (unpaired) electrons. The molecule has 0 spiro atoms. The number of H-pyrrole nitrogens is 1. The number of rotatable bonds is 7. The number of aromatic nitrogens is 1.